The summed E-state index contributed by atoms with van der Waals surface area (Å²) in [5, 5.41) is 7.30. The number of rotatable bonds is 5. The normalized spacial score (nSPS) is 13.6. The molecule has 4 nitrogen and oxygen atoms in total. The van der Waals surface area contributed by atoms with Crippen molar-refractivity contribution >= 4 is 17.3 Å². The van der Waals surface area contributed by atoms with Crippen LogP contribution in [0.25, 0.3) is 0 Å². The summed E-state index contributed by atoms with van der Waals surface area (Å²) < 4.78 is 38.5. The predicted octanol–water partition coefficient (Wildman–Crippen LogP) is 3.94. The van der Waals surface area contributed by atoms with Crippen LogP contribution < -0.4 is 10.6 Å². The van der Waals surface area contributed by atoms with Crippen molar-refractivity contribution in [2.45, 2.75) is 32.5 Å². The predicted molar refractivity (Wildman–Crippen MR) is 94.9 cm³/mol. The lowest BCUT2D eigenvalue weighted by Crippen LogP contribution is -2.39. The Balaban J connectivity index is 1.92. The third-order valence-corrected chi connectivity index (χ3v) is 4.56. The molecule has 0 aliphatic carbocycles. The van der Waals surface area contributed by atoms with Crippen molar-refractivity contribution in [3.63, 3.8) is 0 Å². The number of aliphatic imine (C=N–C) groups is 1. The lowest BCUT2D eigenvalue weighted by atomic mass is 10.1. The number of halogens is 3. The van der Waals surface area contributed by atoms with Gasteiger partial charge in [-0.2, -0.15) is 13.2 Å². The Hall–Kier alpha value is -2.09. The summed E-state index contributed by atoms with van der Waals surface area (Å²) in [7, 11) is 1.63. The van der Waals surface area contributed by atoms with Gasteiger partial charge in [-0.25, -0.2) is 4.98 Å². The number of thiazole rings is 1. The Morgan fingerprint density at radius 1 is 1.36 bits per heavy atom. The highest BCUT2D eigenvalue weighted by Gasteiger charge is 2.30. The molecular formula is C17H21F3N4S. The first-order valence-electron chi connectivity index (χ1n) is 7.85. The number of nitrogens with zero attached hydrogens (tertiary/aromatic N) is 2. The minimum Gasteiger partial charge on any atom is -0.356 e. The number of guanidine groups is 1. The van der Waals surface area contributed by atoms with Gasteiger partial charge in [0.25, 0.3) is 0 Å². The van der Waals surface area contributed by atoms with Crippen LogP contribution in [-0.4, -0.2) is 24.5 Å². The first kappa shape index (κ1) is 19.2. The molecule has 0 aliphatic heterocycles. The second kappa shape index (κ2) is 8.33. The van der Waals surface area contributed by atoms with Crippen LogP contribution in [0.15, 0.2) is 35.5 Å². The Morgan fingerprint density at radius 3 is 2.72 bits per heavy atom. The highest BCUT2D eigenvalue weighted by atomic mass is 32.1. The van der Waals surface area contributed by atoms with E-state index in [9.17, 15) is 13.2 Å². The van der Waals surface area contributed by atoms with Crippen molar-refractivity contribution in [3.8, 4) is 0 Å². The third-order valence-electron chi connectivity index (χ3n) is 3.59. The van der Waals surface area contributed by atoms with Gasteiger partial charge in [0.1, 0.15) is 0 Å². The average Bonchev–Trinajstić information content (AvgIpc) is 2.98. The number of aromatic nitrogens is 1. The molecule has 1 aromatic heterocycles. The van der Waals surface area contributed by atoms with E-state index in [2.05, 4.69) is 20.6 Å². The minimum absolute atomic E-state index is 0.310. The van der Waals surface area contributed by atoms with Gasteiger partial charge in [0, 0.05) is 31.1 Å². The van der Waals surface area contributed by atoms with Gasteiger partial charge in [0.15, 0.2) is 5.96 Å². The maximum absolute atomic E-state index is 12.8. The molecule has 2 N–H and O–H groups in total. The summed E-state index contributed by atoms with van der Waals surface area (Å²) in [4.78, 5) is 9.57. The zero-order valence-electron chi connectivity index (χ0n) is 14.3. The smallest absolute Gasteiger partial charge is 0.356 e. The molecule has 0 amide bonds. The summed E-state index contributed by atoms with van der Waals surface area (Å²) in [6.45, 7) is 4.44. The Morgan fingerprint density at radius 2 is 2.12 bits per heavy atom. The van der Waals surface area contributed by atoms with Gasteiger partial charge in [-0.15, -0.1) is 11.3 Å². The number of benzene rings is 1. The third kappa shape index (κ3) is 5.74. The van der Waals surface area contributed by atoms with E-state index in [1.807, 2.05) is 13.1 Å². The molecule has 0 spiro atoms. The van der Waals surface area contributed by atoms with Crippen molar-refractivity contribution in [3.05, 3.63) is 51.5 Å². The molecular weight excluding hydrogens is 349 g/mol. The number of hydrogen-bond donors (Lipinski definition) is 2. The molecule has 0 saturated carbocycles. The lowest BCUT2D eigenvalue weighted by molar-refractivity contribution is -0.137. The van der Waals surface area contributed by atoms with Crippen LogP contribution in [0, 0.1) is 6.92 Å². The number of nitrogens with one attached hydrogen (secondary N) is 2. The standard InChI is InChI=1S/C17H21F3N4S/c1-11-10-23-15(25-11)7-8-22-16(21-3)24-12(2)13-5-4-6-14(9-13)17(18,19)20/h4-6,9-10,12H,7-8H2,1-3H3,(H2,21,22,24). The van der Waals surface area contributed by atoms with Gasteiger partial charge >= 0.3 is 6.18 Å². The fourth-order valence-electron chi connectivity index (χ4n) is 2.27. The minimum atomic E-state index is -4.35. The van der Waals surface area contributed by atoms with Gasteiger partial charge in [-0.1, -0.05) is 12.1 Å². The second-order valence-corrected chi connectivity index (χ2v) is 6.92. The molecule has 0 radical (unpaired) electrons. The van der Waals surface area contributed by atoms with E-state index in [-0.39, 0.29) is 6.04 Å². The molecule has 2 aromatic rings. The molecule has 8 heteroatoms. The van der Waals surface area contributed by atoms with E-state index in [4.69, 9.17) is 0 Å². The van der Waals surface area contributed by atoms with Crippen molar-refractivity contribution in [1.29, 1.82) is 0 Å². The molecule has 0 aliphatic rings. The average molecular weight is 370 g/mol. The fraction of sp³-hybridized carbons (Fsp3) is 0.412. The maximum Gasteiger partial charge on any atom is 0.416 e. The van der Waals surface area contributed by atoms with Crippen LogP contribution in [0.5, 0.6) is 0 Å². The molecule has 2 rings (SSSR count). The molecule has 1 unspecified atom stereocenters. The maximum atomic E-state index is 12.8. The van der Waals surface area contributed by atoms with Crippen molar-refractivity contribution in [1.82, 2.24) is 15.6 Å². The van der Waals surface area contributed by atoms with E-state index in [1.165, 1.54) is 6.07 Å². The molecule has 0 fully saturated rings. The summed E-state index contributed by atoms with van der Waals surface area (Å²) in [6, 6.07) is 4.99. The highest BCUT2D eigenvalue weighted by Crippen LogP contribution is 2.30. The van der Waals surface area contributed by atoms with Crippen molar-refractivity contribution < 1.29 is 13.2 Å². The molecule has 1 heterocycles. The van der Waals surface area contributed by atoms with E-state index < -0.39 is 11.7 Å². The molecule has 1 atom stereocenters. The van der Waals surface area contributed by atoms with Gasteiger partial charge in [0.2, 0.25) is 0 Å². The van der Waals surface area contributed by atoms with E-state index in [0.717, 1.165) is 28.4 Å². The Kier molecular flexibility index (Phi) is 6.41. The Bertz CT molecular complexity index is 725. The summed E-state index contributed by atoms with van der Waals surface area (Å²) in [5.74, 6) is 0.540. The number of hydrogen-bond acceptors (Lipinski definition) is 3. The van der Waals surface area contributed by atoms with Crippen LogP contribution in [0.2, 0.25) is 0 Å². The summed E-state index contributed by atoms with van der Waals surface area (Å²) >= 11 is 1.64. The van der Waals surface area contributed by atoms with Crippen LogP contribution in [0.3, 0.4) is 0 Å². The van der Waals surface area contributed by atoms with Crippen LogP contribution >= 0.6 is 11.3 Å². The highest BCUT2D eigenvalue weighted by molar-refractivity contribution is 7.11. The molecule has 1 aromatic carbocycles. The van der Waals surface area contributed by atoms with Gasteiger partial charge in [-0.05, 0) is 31.5 Å². The summed E-state index contributed by atoms with van der Waals surface area (Å²) in [6.07, 6.45) is -1.75. The van der Waals surface area contributed by atoms with Gasteiger partial charge < -0.3 is 10.6 Å². The van der Waals surface area contributed by atoms with Crippen molar-refractivity contribution in [2.24, 2.45) is 4.99 Å². The van der Waals surface area contributed by atoms with Crippen LogP contribution in [-0.2, 0) is 12.6 Å². The van der Waals surface area contributed by atoms with Gasteiger partial charge in [-0.3, -0.25) is 4.99 Å². The quantitative estimate of drug-likeness (QED) is 0.619. The zero-order valence-corrected chi connectivity index (χ0v) is 15.1. The first-order valence-corrected chi connectivity index (χ1v) is 8.67. The molecule has 0 bridgehead atoms. The molecule has 136 valence electrons. The summed E-state index contributed by atoms with van der Waals surface area (Å²) in [5.41, 5.74) is -0.103. The van der Waals surface area contributed by atoms with Crippen molar-refractivity contribution in [2.75, 3.05) is 13.6 Å². The monoisotopic (exact) mass is 370 g/mol. The molecule has 0 saturated heterocycles. The van der Waals surface area contributed by atoms with E-state index in [1.54, 1.807) is 31.4 Å². The topological polar surface area (TPSA) is 49.3 Å². The van der Waals surface area contributed by atoms with E-state index >= 15 is 0 Å². The SMILES string of the molecule is CN=C(NCCc1ncc(C)s1)NC(C)c1cccc(C(F)(F)F)c1. The lowest BCUT2D eigenvalue weighted by Gasteiger charge is -2.19. The Labute approximate surface area is 149 Å². The van der Waals surface area contributed by atoms with E-state index in [0.29, 0.717) is 18.1 Å². The van der Waals surface area contributed by atoms with Crippen LogP contribution in [0.4, 0.5) is 13.2 Å². The zero-order chi connectivity index (χ0) is 18.4. The van der Waals surface area contributed by atoms with Gasteiger partial charge in [0.05, 0.1) is 16.6 Å². The largest absolute Gasteiger partial charge is 0.416 e. The first-order chi connectivity index (χ1) is 11.8. The number of aryl methyl sites for hydroxylation is 1. The molecule has 25 heavy (non-hydrogen) atoms. The van der Waals surface area contributed by atoms with Crippen LogP contribution in [0.1, 0.15) is 34.0 Å². The second-order valence-electron chi connectivity index (χ2n) is 5.60. The number of alkyl halides is 3. The fourth-order valence-corrected chi connectivity index (χ4v) is 3.06.